The SMILES string of the molecule is C[C@H]1[C@H](C)CCC[C@@H]1NC(=O)CN1CCN(S(=O)(=O)c2ccc(Cl)cc2)CC1. The minimum atomic E-state index is -3.52. The molecule has 0 aromatic heterocycles. The number of benzene rings is 1. The lowest BCUT2D eigenvalue weighted by atomic mass is 9.78. The number of hydrogen-bond acceptors (Lipinski definition) is 4. The second-order valence-electron chi connectivity index (χ2n) is 8.08. The number of carbonyl (C=O) groups is 1. The van der Waals surface area contributed by atoms with Crippen LogP contribution >= 0.6 is 11.6 Å². The summed E-state index contributed by atoms with van der Waals surface area (Å²) in [5.41, 5.74) is 0. The largest absolute Gasteiger partial charge is 0.352 e. The Labute approximate surface area is 173 Å². The summed E-state index contributed by atoms with van der Waals surface area (Å²) in [6.45, 7) is 6.67. The Morgan fingerprint density at radius 3 is 2.39 bits per heavy atom. The minimum Gasteiger partial charge on any atom is -0.352 e. The first kappa shape index (κ1) is 21.6. The van der Waals surface area contributed by atoms with Crippen LogP contribution in [0.15, 0.2) is 29.2 Å². The number of piperazine rings is 1. The molecule has 1 N–H and O–H groups in total. The number of carbonyl (C=O) groups excluding carboxylic acids is 1. The highest BCUT2D eigenvalue weighted by Gasteiger charge is 2.31. The average Bonchev–Trinajstić information content (AvgIpc) is 2.66. The van der Waals surface area contributed by atoms with Crippen molar-refractivity contribution in [3.8, 4) is 0 Å². The highest BCUT2D eigenvalue weighted by molar-refractivity contribution is 7.89. The molecular formula is C20H30ClN3O3S. The Hall–Kier alpha value is -1.15. The van der Waals surface area contributed by atoms with E-state index in [0.29, 0.717) is 49.6 Å². The highest BCUT2D eigenvalue weighted by atomic mass is 35.5. The number of hydrogen-bond donors (Lipinski definition) is 1. The molecule has 0 bridgehead atoms. The zero-order valence-corrected chi connectivity index (χ0v) is 18.2. The normalized spacial score (nSPS) is 27.5. The maximum absolute atomic E-state index is 12.7. The molecule has 3 atom stereocenters. The van der Waals surface area contributed by atoms with Crippen LogP contribution in [0.3, 0.4) is 0 Å². The molecule has 2 aliphatic rings. The third kappa shape index (κ3) is 5.06. The molecule has 1 aliphatic heterocycles. The molecule has 1 amide bonds. The molecule has 28 heavy (non-hydrogen) atoms. The van der Waals surface area contributed by atoms with Crippen LogP contribution in [0.1, 0.15) is 33.1 Å². The molecule has 8 heteroatoms. The van der Waals surface area contributed by atoms with Crippen molar-refractivity contribution >= 4 is 27.5 Å². The number of nitrogens with zero attached hydrogens (tertiary/aromatic N) is 2. The molecule has 0 radical (unpaired) electrons. The molecular weight excluding hydrogens is 398 g/mol. The first-order valence-electron chi connectivity index (χ1n) is 10.0. The third-order valence-corrected chi connectivity index (χ3v) is 8.37. The van der Waals surface area contributed by atoms with Crippen LogP contribution in [0.5, 0.6) is 0 Å². The van der Waals surface area contributed by atoms with Gasteiger partial charge >= 0.3 is 0 Å². The first-order chi connectivity index (χ1) is 13.3. The summed E-state index contributed by atoms with van der Waals surface area (Å²) in [7, 11) is -3.52. The van der Waals surface area contributed by atoms with Crippen LogP contribution < -0.4 is 5.32 Å². The topological polar surface area (TPSA) is 69.7 Å². The molecule has 0 spiro atoms. The molecule has 1 aromatic rings. The fourth-order valence-electron chi connectivity index (χ4n) is 4.12. The summed E-state index contributed by atoms with van der Waals surface area (Å²) in [4.78, 5) is 14.7. The zero-order valence-electron chi connectivity index (χ0n) is 16.6. The standard InChI is InChI=1S/C20H30ClN3O3S/c1-15-4-3-5-19(16(15)2)22-20(25)14-23-10-12-24(13-11-23)28(26,27)18-8-6-17(21)7-9-18/h6-9,15-16,19H,3-5,10-14H2,1-2H3,(H,22,25)/t15-,16+,19+/m1/s1. The van der Waals surface area contributed by atoms with Gasteiger partial charge in [0.1, 0.15) is 0 Å². The van der Waals surface area contributed by atoms with Crippen molar-refractivity contribution in [1.82, 2.24) is 14.5 Å². The minimum absolute atomic E-state index is 0.0416. The van der Waals surface area contributed by atoms with Crippen molar-refractivity contribution in [2.75, 3.05) is 32.7 Å². The Balaban J connectivity index is 1.50. The summed E-state index contributed by atoms with van der Waals surface area (Å²) >= 11 is 5.85. The maximum atomic E-state index is 12.7. The van der Waals surface area contributed by atoms with Crippen LogP contribution in [0, 0.1) is 11.8 Å². The van der Waals surface area contributed by atoms with Gasteiger partial charge in [0.25, 0.3) is 0 Å². The maximum Gasteiger partial charge on any atom is 0.243 e. The molecule has 0 unspecified atom stereocenters. The monoisotopic (exact) mass is 427 g/mol. The van der Waals surface area contributed by atoms with Crippen molar-refractivity contribution in [1.29, 1.82) is 0 Å². The molecule has 3 rings (SSSR count). The molecule has 156 valence electrons. The van der Waals surface area contributed by atoms with Crippen LogP contribution in [0.2, 0.25) is 5.02 Å². The second-order valence-corrected chi connectivity index (χ2v) is 10.4. The lowest BCUT2D eigenvalue weighted by Crippen LogP contribution is -2.52. The lowest BCUT2D eigenvalue weighted by Gasteiger charge is -2.36. The fraction of sp³-hybridized carbons (Fsp3) is 0.650. The number of nitrogens with one attached hydrogen (secondary N) is 1. The summed E-state index contributed by atoms with van der Waals surface area (Å²) < 4.78 is 27.0. The van der Waals surface area contributed by atoms with Gasteiger partial charge in [-0.2, -0.15) is 4.31 Å². The number of halogens is 1. The molecule has 1 aliphatic carbocycles. The zero-order chi connectivity index (χ0) is 20.3. The smallest absolute Gasteiger partial charge is 0.243 e. The van der Waals surface area contributed by atoms with Gasteiger partial charge in [0.15, 0.2) is 0 Å². The summed E-state index contributed by atoms with van der Waals surface area (Å²) in [6.07, 6.45) is 3.44. The van der Waals surface area contributed by atoms with Crippen molar-refractivity contribution in [3.05, 3.63) is 29.3 Å². The quantitative estimate of drug-likeness (QED) is 0.784. The second kappa shape index (κ2) is 9.11. The lowest BCUT2D eigenvalue weighted by molar-refractivity contribution is -0.124. The first-order valence-corrected chi connectivity index (χ1v) is 11.9. The molecule has 1 aromatic carbocycles. The van der Waals surface area contributed by atoms with Crippen LogP contribution in [-0.4, -0.2) is 62.3 Å². The van der Waals surface area contributed by atoms with E-state index in [2.05, 4.69) is 19.2 Å². The van der Waals surface area contributed by atoms with Gasteiger partial charge < -0.3 is 5.32 Å². The van der Waals surface area contributed by atoms with E-state index >= 15 is 0 Å². The van der Waals surface area contributed by atoms with Crippen LogP contribution in [-0.2, 0) is 14.8 Å². The summed E-state index contributed by atoms with van der Waals surface area (Å²) in [5.74, 6) is 1.18. The predicted octanol–water partition coefficient (Wildman–Crippen LogP) is 2.59. The Morgan fingerprint density at radius 2 is 1.75 bits per heavy atom. The van der Waals surface area contributed by atoms with E-state index in [9.17, 15) is 13.2 Å². The number of rotatable bonds is 5. The van der Waals surface area contributed by atoms with E-state index < -0.39 is 10.0 Å². The van der Waals surface area contributed by atoms with E-state index in [1.54, 1.807) is 12.1 Å². The Kier molecular flexibility index (Phi) is 7.02. The summed E-state index contributed by atoms with van der Waals surface area (Å²) in [5, 5.41) is 3.70. The van der Waals surface area contributed by atoms with Crippen LogP contribution in [0.25, 0.3) is 0 Å². The van der Waals surface area contributed by atoms with Gasteiger partial charge in [-0.1, -0.05) is 38.3 Å². The van der Waals surface area contributed by atoms with E-state index in [4.69, 9.17) is 11.6 Å². The van der Waals surface area contributed by atoms with Gasteiger partial charge in [0.05, 0.1) is 11.4 Å². The van der Waals surface area contributed by atoms with Crippen molar-refractivity contribution in [3.63, 3.8) is 0 Å². The molecule has 2 fully saturated rings. The van der Waals surface area contributed by atoms with E-state index in [0.717, 1.165) is 12.8 Å². The Bertz CT molecular complexity index is 776. The summed E-state index contributed by atoms with van der Waals surface area (Å²) in [6, 6.07) is 6.49. The molecule has 1 saturated carbocycles. The van der Waals surface area contributed by atoms with Gasteiger partial charge in [-0.15, -0.1) is 0 Å². The molecule has 1 heterocycles. The average molecular weight is 428 g/mol. The van der Waals surface area contributed by atoms with E-state index in [-0.39, 0.29) is 16.8 Å². The predicted molar refractivity (Wildman–Crippen MR) is 111 cm³/mol. The molecule has 6 nitrogen and oxygen atoms in total. The van der Waals surface area contributed by atoms with Gasteiger partial charge in [-0.05, 0) is 42.5 Å². The van der Waals surface area contributed by atoms with Gasteiger partial charge in [0, 0.05) is 37.2 Å². The van der Waals surface area contributed by atoms with Gasteiger partial charge in [-0.3, -0.25) is 9.69 Å². The van der Waals surface area contributed by atoms with E-state index in [1.807, 2.05) is 4.90 Å². The van der Waals surface area contributed by atoms with Gasteiger partial charge in [0.2, 0.25) is 15.9 Å². The van der Waals surface area contributed by atoms with Crippen molar-refractivity contribution in [2.24, 2.45) is 11.8 Å². The van der Waals surface area contributed by atoms with Crippen molar-refractivity contribution in [2.45, 2.75) is 44.0 Å². The molecule has 1 saturated heterocycles. The van der Waals surface area contributed by atoms with Gasteiger partial charge in [-0.25, -0.2) is 8.42 Å². The van der Waals surface area contributed by atoms with Crippen molar-refractivity contribution < 1.29 is 13.2 Å². The van der Waals surface area contributed by atoms with Crippen LogP contribution in [0.4, 0.5) is 0 Å². The third-order valence-electron chi connectivity index (χ3n) is 6.20. The highest BCUT2D eigenvalue weighted by Crippen LogP contribution is 2.29. The number of amides is 1. The Morgan fingerprint density at radius 1 is 1.11 bits per heavy atom. The number of sulfonamides is 1. The fourth-order valence-corrected chi connectivity index (χ4v) is 5.67. The van der Waals surface area contributed by atoms with E-state index in [1.165, 1.54) is 22.9 Å².